The van der Waals surface area contributed by atoms with Crippen molar-refractivity contribution in [1.82, 2.24) is 4.90 Å². The Labute approximate surface area is 128 Å². The Hall–Kier alpha value is -1.69. The summed E-state index contributed by atoms with van der Waals surface area (Å²) < 4.78 is 31.3. The minimum atomic E-state index is -0.739. The first-order valence-electron chi connectivity index (χ1n) is 7.56. The molecule has 1 aliphatic rings. The van der Waals surface area contributed by atoms with Gasteiger partial charge in [-0.05, 0) is 37.3 Å². The van der Waals surface area contributed by atoms with Crippen LogP contribution in [0.2, 0.25) is 0 Å². The van der Waals surface area contributed by atoms with Crippen LogP contribution in [0, 0.1) is 17.6 Å². The molecule has 1 aliphatic heterocycles. The maximum atomic E-state index is 13.3. The average molecular weight is 313 g/mol. The number of hydrogen-bond acceptors (Lipinski definition) is 3. The first-order valence-corrected chi connectivity index (χ1v) is 7.56. The quantitative estimate of drug-likeness (QED) is 0.820. The number of rotatable bonds is 6. The van der Waals surface area contributed by atoms with E-state index in [-0.39, 0.29) is 24.9 Å². The molecule has 1 N–H and O–H groups in total. The number of ether oxygens (including phenoxy) is 1. The van der Waals surface area contributed by atoms with Crippen LogP contribution in [0.1, 0.15) is 25.7 Å². The molecule has 2 rings (SSSR count). The molecule has 0 aliphatic carbocycles. The Kier molecular flexibility index (Phi) is 6.12. The summed E-state index contributed by atoms with van der Waals surface area (Å²) in [5.74, 6) is -1.03. The van der Waals surface area contributed by atoms with Gasteiger partial charge in [0.05, 0.1) is 6.61 Å². The molecule has 0 radical (unpaired) electrons. The van der Waals surface area contributed by atoms with Crippen LogP contribution in [0.25, 0.3) is 0 Å². The zero-order valence-corrected chi connectivity index (χ0v) is 12.4. The molecule has 1 amide bonds. The maximum absolute atomic E-state index is 13.3. The number of carbonyl (C=O) groups excluding carboxylic acids is 1. The molecule has 6 heteroatoms. The Morgan fingerprint density at radius 1 is 1.32 bits per heavy atom. The summed E-state index contributed by atoms with van der Waals surface area (Å²) in [6, 6.07) is 3.15. The molecule has 0 bridgehead atoms. The average Bonchev–Trinajstić information content (AvgIpc) is 2.53. The van der Waals surface area contributed by atoms with Gasteiger partial charge in [0.25, 0.3) is 0 Å². The summed E-state index contributed by atoms with van der Waals surface area (Å²) in [6.45, 7) is 1.75. The number of hydrogen-bond donors (Lipinski definition) is 1. The van der Waals surface area contributed by atoms with Crippen molar-refractivity contribution in [2.75, 3.05) is 26.3 Å². The number of halogens is 2. The number of benzene rings is 1. The third-order valence-electron chi connectivity index (χ3n) is 3.91. The van der Waals surface area contributed by atoms with Crippen LogP contribution in [0.4, 0.5) is 8.78 Å². The number of carbonyl (C=O) groups is 1. The van der Waals surface area contributed by atoms with Gasteiger partial charge in [0.2, 0.25) is 5.91 Å². The fourth-order valence-corrected chi connectivity index (χ4v) is 2.52. The van der Waals surface area contributed by atoms with Crippen molar-refractivity contribution in [3.8, 4) is 5.75 Å². The SMILES string of the molecule is O=C(CCCOc1ccc(F)cc1F)N1CCC(CO)CC1. The second-order valence-corrected chi connectivity index (χ2v) is 5.53. The van der Waals surface area contributed by atoms with E-state index in [4.69, 9.17) is 9.84 Å². The van der Waals surface area contributed by atoms with Gasteiger partial charge in [0.1, 0.15) is 5.82 Å². The van der Waals surface area contributed by atoms with Crippen LogP contribution in [0.15, 0.2) is 18.2 Å². The topological polar surface area (TPSA) is 49.8 Å². The Morgan fingerprint density at radius 3 is 2.68 bits per heavy atom. The van der Waals surface area contributed by atoms with Gasteiger partial charge in [-0.25, -0.2) is 8.78 Å². The molecule has 122 valence electrons. The fraction of sp³-hybridized carbons (Fsp3) is 0.562. The predicted octanol–water partition coefficient (Wildman–Crippen LogP) is 2.35. The Bertz CT molecular complexity index is 502. The lowest BCUT2D eigenvalue weighted by atomic mass is 9.97. The number of aliphatic hydroxyl groups is 1. The molecular weight excluding hydrogens is 292 g/mol. The van der Waals surface area contributed by atoms with E-state index in [1.807, 2.05) is 0 Å². The van der Waals surface area contributed by atoms with Crippen LogP contribution < -0.4 is 4.74 Å². The molecule has 4 nitrogen and oxygen atoms in total. The molecule has 0 atom stereocenters. The number of amides is 1. The molecule has 1 heterocycles. The minimum Gasteiger partial charge on any atom is -0.491 e. The van der Waals surface area contributed by atoms with Gasteiger partial charge in [-0.15, -0.1) is 0 Å². The molecule has 0 unspecified atom stereocenters. The molecule has 1 aromatic carbocycles. The van der Waals surface area contributed by atoms with E-state index >= 15 is 0 Å². The highest BCUT2D eigenvalue weighted by Crippen LogP contribution is 2.19. The second kappa shape index (κ2) is 8.08. The van der Waals surface area contributed by atoms with Crippen LogP contribution >= 0.6 is 0 Å². The van der Waals surface area contributed by atoms with E-state index in [0.29, 0.717) is 31.8 Å². The van der Waals surface area contributed by atoms with E-state index in [2.05, 4.69) is 0 Å². The van der Waals surface area contributed by atoms with Gasteiger partial charge in [0.15, 0.2) is 11.6 Å². The lowest BCUT2D eigenvalue weighted by Crippen LogP contribution is -2.39. The summed E-state index contributed by atoms with van der Waals surface area (Å²) in [5, 5.41) is 9.06. The van der Waals surface area contributed by atoms with Crippen LogP contribution in [0.5, 0.6) is 5.75 Å². The standard InChI is InChI=1S/C16H21F2NO3/c17-13-3-4-15(14(18)10-13)22-9-1-2-16(21)19-7-5-12(11-20)6-8-19/h3-4,10,12,20H,1-2,5-9,11H2. The summed E-state index contributed by atoms with van der Waals surface area (Å²) in [6.07, 6.45) is 2.49. The molecule has 1 saturated heterocycles. The third kappa shape index (κ3) is 4.66. The highest BCUT2D eigenvalue weighted by Gasteiger charge is 2.21. The van der Waals surface area contributed by atoms with Crippen molar-refractivity contribution < 1.29 is 23.4 Å². The zero-order valence-electron chi connectivity index (χ0n) is 12.4. The first kappa shape index (κ1) is 16.7. The van der Waals surface area contributed by atoms with Gasteiger partial charge in [-0.3, -0.25) is 4.79 Å². The monoisotopic (exact) mass is 313 g/mol. The first-order chi connectivity index (χ1) is 10.6. The van der Waals surface area contributed by atoms with Crippen molar-refractivity contribution >= 4 is 5.91 Å². The lowest BCUT2D eigenvalue weighted by molar-refractivity contribution is -0.133. The summed E-state index contributed by atoms with van der Waals surface area (Å²) in [4.78, 5) is 13.8. The summed E-state index contributed by atoms with van der Waals surface area (Å²) >= 11 is 0. The maximum Gasteiger partial charge on any atom is 0.222 e. The lowest BCUT2D eigenvalue weighted by Gasteiger charge is -2.31. The molecule has 0 saturated carbocycles. The highest BCUT2D eigenvalue weighted by molar-refractivity contribution is 5.76. The number of nitrogens with zero attached hydrogens (tertiary/aromatic N) is 1. The molecule has 22 heavy (non-hydrogen) atoms. The summed E-state index contributed by atoms with van der Waals surface area (Å²) in [5.41, 5.74) is 0. The van der Waals surface area contributed by atoms with Crippen molar-refractivity contribution in [3.63, 3.8) is 0 Å². The number of aliphatic hydroxyl groups excluding tert-OH is 1. The van der Waals surface area contributed by atoms with Crippen LogP contribution in [0.3, 0.4) is 0 Å². The van der Waals surface area contributed by atoms with Gasteiger partial charge in [-0.1, -0.05) is 0 Å². The van der Waals surface area contributed by atoms with Crippen LogP contribution in [-0.4, -0.2) is 42.2 Å². The van der Waals surface area contributed by atoms with Crippen molar-refractivity contribution in [1.29, 1.82) is 0 Å². The molecule has 1 aromatic rings. The van der Waals surface area contributed by atoms with E-state index in [0.717, 1.165) is 25.0 Å². The number of piperidine rings is 1. The normalized spacial score (nSPS) is 15.9. The molecule has 0 spiro atoms. The van der Waals surface area contributed by atoms with Crippen molar-refractivity contribution in [2.45, 2.75) is 25.7 Å². The third-order valence-corrected chi connectivity index (χ3v) is 3.91. The van der Waals surface area contributed by atoms with Gasteiger partial charge in [-0.2, -0.15) is 0 Å². The predicted molar refractivity (Wildman–Crippen MR) is 77.5 cm³/mol. The highest BCUT2D eigenvalue weighted by atomic mass is 19.1. The van der Waals surface area contributed by atoms with Gasteiger partial charge >= 0.3 is 0 Å². The van der Waals surface area contributed by atoms with Crippen LogP contribution in [-0.2, 0) is 4.79 Å². The fourth-order valence-electron chi connectivity index (χ4n) is 2.52. The smallest absolute Gasteiger partial charge is 0.222 e. The Morgan fingerprint density at radius 2 is 2.05 bits per heavy atom. The molecular formula is C16H21F2NO3. The zero-order chi connectivity index (χ0) is 15.9. The van der Waals surface area contributed by atoms with Crippen molar-refractivity contribution in [2.24, 2.45) is 5.92 Å². The molecule has 1 fully saturated rings. The number of likely N-dealkylation sites (tertiary alicyclic amines) is 1. The minimum absolute atomic E-state index is 0.00221. The van der Waals surface area contributed by atoms with E-state index in [9.17, 15) is 13.6 Å². The molecule has 0 aromatic heterocycles. The summed E-state index contributed by atoms with van der Waals surface area (Å²) in [7, 11) is 0. The van der Waals surface area contributed by atoms with E-state index in [1.165, 1.54) is 6.07 Å². The van der Waals surface area contributed by atoms with Gasteiger partial charge < -0.3 is 14.7 Å². The second-order valence-electron chi connectivity index (χ2n) is 5.53. The van der Waals surface area contributed by atoms with E-state index < -0.39 is 11.6 Å². The largest absolute Gasteiger partial charge is 0.491 e. The van der Waals surface area contributed by atoms with Crippen molar-refractivity contribution in [3.05, 3.63) is 29.8 Å². The van der Waals surface area contributed by atoms with E-state index in [1.54, 1.807) is 4.90 Å². The van der Waals surface area contributed by atoms with Gasteiger partial charge in [0, 0.05) is 32.2 Å². The Balaban J connectivity index is 1.67.